The van der Waals surface area contributed by atoms with Crippen LogP contribution in [0.5, 0.6) is 0 Å². The van der Waals surface area contributed by atoms with Crippen molar-refractivity contribution in [3.8, 4) is 0 Å². The minimum absolute atomic E-state index is 0. The van der Waals surface area contributed by atoms with Gasteiger partial charge in [-0.1, -0.05) is 19.0 Å². The largest absolute Gasteiger partial charge is 0.417 e. The van der Waals surface area contributed by atoms with Crippen molar-refractivity contribution in [2.75, 3.05) is 5.73 Å². The van der Waals surface area contributed by atoms with E-state index < -0.39 is 11.7 Å². The predicted octanol–water partition coefficient (Wildman–Crippen LogP) is 2.97. The molecule has 13 heavy (non-hydrogen) atoms. The van der Waals surface area contributed by atoms with Crippen LogP contribution in [-0.4, -0.2) is 4.98 Å². The Morgan fingerprint density at radius 2 is 1.92 bits per heavy atom. The Bertz CT molecular complexity index is 298. The van der Waals surface area contributed by atoms with Gasteiger partial charge in [-0.2, -0.15) is 13.2 Å². The van der Waals surface area contributed by atoms with Gasteiger partial charge in [0.15, 0.2) is 0 Å². The molecule has 0 saturated heterocycles. The lowest BCUT2D eigenvalue weighted by Gasteiger charge is -2.06. The van der Waals surface area contributed by atoms with Crippen LogP contribution in [0, 0.1) is 0 Å². The van der Waals surface area contributed by atoms with Gasteiger partial charge in [0.2, 0.25) is 0 Å². The zero-order chi connectivity index (χ0) is 9.35. The highest BCUT2D eigenvalue weighted by Gasteiger charge is 2.31. The van der Waals surface area contributed by atoms with Crippen molar-refractivity contribution in [1.29, 1.82) is 0 Å². The summed E-state index contributed by atoms with van der Waals surface area (Å²) in [4.78, 5) is 3.27. The van der Waals surface area contributed by atoms with Crippen LogP contribution in [0.3, 0.4) is 0 Å². The number of halogens is 4. The summed E-state index contributed by atoms with van der Waals surface area (Å²) in [6.07, 6.45) is -3.79. The van der Waals surface area contributed by atoms with Crippen molar-refractivity contribution in [3.05, 3.63) is 22.8 Å². The van der Waals surface area contributed by atoms with E-state index in [1.54, 1.807) is 0 Å². The number of nitrogen functional groups attached to an aromatic ring is 1. The third-order valence-corrected chi connectivity index (χ3v) is 1.50. The van der Waals surface area contributed by atoms with Gasteiger partial charge in [-0.15, -0.1) is 0 Å². The third-order valence-electron chi connectivity index (χ3n) is 1.20. The molecule has 1 heterocycles. The second kappa shape index (κ2) is 3.83. The molecular weight excluding hydrogens is 205 g/mol. The highest BCUT2D eigenvalue weighted by Crippen LogP contribution is 2.31. The van der Waals surface area contributed by atoms with E-state index in [1.165, 1.54) is 0 Å². The van der Waals surface area contributed by atoms with Crippen molar-refractivity contribution in [3.63, 3.8) is 0 Å². The van der Waals surface area contributed by atoms with Gasteiger partial charge in [0.1, 0.15) is 5.82 Å². The van der Waals surface area contributed by atoms with Crippen LogP contribution in [0.1, 0.15) is 13.0 Å². The number of rotatable bonds is 0. The minimum atomic E-state index is -4.43. The molecule has 0 bridgehead atoms. The number of pyridine rings is 1. The topological polar surface area (TPSA) is 38.9 Å². The van der Waals surface area contributed by atoms with Gasteiger partial charge in [0.25, 0.3) is 0 Å². The Kier molecular flexibility index (Phi) is 3.54. The number of anilines is 1. The zero-order valence-corrected chi connectivity index (χ0v) is 6.45. The molecule has 0 unspecified atom stereocenters. The number of nitrogens with zero attached hydrogens (tertiary/aromatic N) is 1. The lowest BCUT2D eigenvalue weighted by molar-refractivity contribution is -0.137. The molecule has 74 valence electrons. The normalized spacial score (nSPS) is 10.8. The molecule has 0 fully saturated rings. The van der Waals surface area contributed by atoms with Crippen LogP contribution in [0.15, 0.2) is 12.3 Å². The Balaban J connectivity index is 0.00000144. The van der Waals surface area contributed by atoms with Crippen LogP contribution in [0.4, 0.5) is 19.0 Å². The fourth-order valence-electron chi connectivity index (χ4n) is 0.604. The molecule has 0 spiro atoms. The number of hydrogen-bond acceptors (Lipinski definition) is 2. The second-order valence-corrected chi connectivity index (χ2v) is 2.50. The SMILES string of the molecule is C.Nc1ncc(C(F)(F)F)cc1Cl. The quantitative estimate of drug-likeness (QED) is 0.718. The minimum Gasteiger partial charge on any atom is -0.382 e. The molecule has 0 saturated carbocycles. The lowest BCUT2D eigenvalue weighted by Crippen LogP contribution is -2.06. The second-order valence-electron chi connectivity index (χ2n) is 2.09. The molecule has 2 nitrogen and oxygen atoms in total. The average Bonchev–Trinajstić information content (AvgIpc) is 1.92. The molecule has 0 atom stereocenters. The Morgan fingerprint density at radius 3 is 2.31 bits per heavy atom. The first-order chi connectivity index (χ1) is 5.41. The first kappa shape index (κ1) is 12.0. The average molecular weight is 213 g/mol. The van der Waals surface area contributed by atoms with Crippen molar-refractivity contribution in [1.82, 2.24) is 4.98 Å². The number of hydrogen-bond donors (Lipinski definition) is 1. The summed E-state index contributed by atoms with van der Waals surface area (Å²) in [5.41, 5.74) is 4.22. The van der Waals surface area contributed by atoms with E-state index in [-0.39, 0.29) is 18.3 Å². The number of alkyl halides is 3. The maximum absolute atomic E-state index is 12.0. The van der Waals surface area contributed by atoms with Crippen LogP contribution in [0.25, 0.3) is 0 Å². The monoisotopic (exact) mass is 212 g/mol. The molecule has 1 rings (SSSR count). The van der Waals surface area contributed by atoms with Gasteiger partial charge in [0, 0.05) is 6.20 Å². The van der Waals surface area contributed by atoms with E-state index in [0.29, 0.717) is 6.20 Å². The molecule has 0 aliphatic carbocycles. The number of nitrogens with two attached hydrogens (primary N) is 1. The van der Waals surface area contributed by atoms with Gasteiger partial charge >= 0.3 is 6.18 Å². The van der Waals surface area contributed by atoms with Crippen molar-refractivity contribution >= 4 is 17.4 Å². The summed E-state index contributed by atoms with van der Waals surface area (Å²) in [7, 11) is 0. The summed E-state index contributed by atoms with van der Waals surface area (Å²) >= 11 is 5.33. The molecule has 0 aliphatic rings. The first-order valence-electron chi connectivity index (χ1n) is 2.89. The number of aromatic nitrogens is 1. The van der Waals surface area contributed by atoms with Gasteiger partial charge in [-0.25, -0.2) is 4.98 Å². The summed E-state index contributed by atoms with van der Waals surface area (Å²) in [5.74, 6) is -0.107. The van der Waals surface area contributed by atoms with E-state index in [9.17, 15) is 13.2 Å². The Labute approximate surface area is 78.5 Å². The standard InChI is InChI=1S/C6H4ClF3N2.CH4/c7-4-1-3(6(8,9)10)2-12-5(4)11;/h1-2H,(H2,11,12);1H4. The predicted molar refractivity (Wildman–Crippen MR) is 45.4 cm³/mol. The van der Waals surface area contributed by atoms with Crippen LogP contribution in [-0.2, 0) is 6.18 Å². The fraction of sp³-hybridized carbons (Fsp3) is 0.286. The third kappa shape index (κ3) is 2.77. The van der Waals surface area contributed by atoms with Gasteiger partial charge in [-0.05, 0) is 6.07 Å². The molecule has 0 aromatic carbocycles. The van der Waals surface area contributed by atoms with Crippen LogP contribution < -0.4 is 5.73 Å². The fourth-order valence-corrected chi connectivity index (χ4v) is 0.770. The van der Waals surface area contributed by atoms with E-state index in [0.717, 1.165) is 6.07 Å². The lowest BCUT2D eigenvalue weighted by atomic mass is 10.3. The van der Waals surface area contributed by atoms with E-state index in [2.05, 4.69) is 4.98 Å². The maximum Gasteiger partial charge on any atom is 0.417 e. The molecule has 1 aromatic rings. The molecule has 0 amide bonds. The molecule has 0 radical (unpaired) electrons. The van der Waals surface area contributed by atoms with E-state index >= 15 is 0 Å². The van der Waals surface area contributed by atoms with E-state index in [4.69, 9.17) is 17.3 Å². The van der Waals surface area contributed by atoms with Crippen molar-refractivity contribution in [2.45, 2.75) is 13.6 Å². The van der Waals surface area contributed by atoms with Crippen LogP contribution >= 0.6 is 11.6 Å². The van der Waals surface area contributed by atoms with Gasteiger partial charge in [0.05, 0.1) is 10.6 Å². The van der Waals surface area contributed by atoms with Gasteiger partial charge in [-0.3, -0.25) is 0 Å². The summed E-state index contributed by atoms with van der Waals surface area (Å²) in [6, 6.07) is 0.740. The summed E-state index contributed by atoms with van der Waals surface area (Å²) in [6.45, 7) is 0. The highest BCUT2D eigenvalue weighted by molar-refractivity contribution is 6.32. The smallest absolute Gasteiger partial charge is 0.382 e. The first-order valence-corrected chi connectivity index (χ1v) is 3.27. The highest BCUT2D eigenvalue weighted by atomic mass is 35.5. The van der Waals surface area contributed by atoms with Crippen molar-refractivity contribution in [2.24, 2.45) is 0 Å². The zero-order valence-electron chi connectivity index (χ0n) is 5.69. The van der Waals surface area contributed by atoms with Crippen molar-refractivity contribution < 1.29 is 13.2 Å². The molecule has 1 aromatic heterocycles. The molecular formula is C7H8ClF3N2. The molecule has 6 heteroatoms. The summed E-state index contributed by atoms with van der Waals surface area (Å²) < 4.78 is 35.9. The maximum atomic E-state index is 12.0. The van der Waals surface area contributed by atoms with Gasteiger partial charge < -0.3 is 5.73 Å². The summed E-state index contributed by atoms with van der Waals surface area (Å²) in [5, 5.41) is -0.190. The Morgan fingerprint density at radius 1 is 1.38 bits per heavy atom. The Hall–Kier alpha value is -0.970. The van der Waals surface area contributed by atoms with Crippen LogP contribution in [0.2, 0.25) is 5.02 Å². The molecule has 0 aliphatic heterocycles. The molecule has 2 N–H and O–H groups in total. The van der Waals surface area contributed by atoms with E-state index in [1.807, 2.05) is 0 Å².